The summed E-state index contributed by atoms with van der Waals surface area (Å²) in [6, 6.07) is 19.1. The summed E-state index contributed by atoms with van der Waals surface area (Å²) in [5.41, 5.74) is 3.75. The molecular weight excluding hydrogens is 294 g/mol. The highest BCUT2D eigenvalue weighted by atomic mass is 16.1. The van der Waals surface area contributed by atoms with Crippen molar-refractivity contribution < 1.29 is 4.79 Å². The fraction of sp³-hybridized carbons (Fsp3) is 0.409. The van der Waals surface area contributed by atoms with E-state index in [-0.39, 0.29) is 11.8 Å². The summed E-state index contributed by atoms with van der Waals surface area (Å²) in [4.78, 5) is 12.3. The van der Waals surface area contributed by atoms with Crippen LogP contribution in [-0.4, -0.2) is 12.5 Å². The molecule has 1 aliphatic rings. The van der Waals surface area contributed by atoms with Gasteiger partial charge >= 0.3 is 0 Å². The van der Waals surface area contributed by atoms with Crippen LogP contribution in [0.3, 0.4) is 0 Å². The minimum atomic E-state index is 0.242. The van der Waals surface area contributed by atoms with Crippen LogP contribution in [0.5, 0.6) is 0 Å². The van der Waals surface area contributed by atoms with Crippen LogP contribution >= 0.6 is 0 Å². The molecule has 1 aliphatic carbocycles. The third-order valence-corrected chi connectivity index (χ3v) is 5.15. The maximum atomic E-state index is 12.3. The molecular formula is C22H27NO. The van der Waals surface area contributed by atoms with Crippen LogP contribution in [0.25, 0.3) is 11.1 Å². The first-order chi connectivity index (χ1) is 11.7. The average molecular weight is 321 g/mol. The van der Waals surface area contributed by atoms with Gasteiger partial charge in [0.05, 0.1) is 0 Å². The van der Waals surface area contributed by atoms with E-state index in [2.05, 4.69) is 60.8 Å². The molecule has 1 N–H and O–H groups in total. The molecule has 24 heavy (non-hydrogen) atoms. The van der Waals surface area contributed by atoms with Crippen molar-refractivity contribution in [2.75, 3.05) is 6.54 Å². The third-order valence-electron chi connectivity index (χ3n) is 5.15. The Kier molecular flexibility index (Phi) is 5.68. The molecule has 0 spiro atoms. The van der Waals surface area contributed by atoms with Gasteiger partial charge in [0.15, 0.2) is 0 Å². The van der Waals surface area contributed by atoms with E-state index in [4.69, 9.17) is 0 Å². The van der Waals surface area contributed by atoms with Gasteiger partial charge in [0, 0.05) is 12.5 Å². The summed E-state index contributed by atoms with van der Waals surface area (Å²) < 4.78 is 0. The van der Waals surface area contributed by atoms with Gasteiger partial charge in [-0.25, -0.2) is 0 Å². The number of amides is 1. The molecule has 2 aromatic rings. The van der Waals surface area contributed by atoms with Gasteiger partial charge in [-0.15, -0.1) is 0 Å². The molecule has 1 atom stereocenters. The molecule has 2 aromatic carbocycles. The van der Waals surface area contributed by atoms with Crippen LogP contribution in [-0.2, 0) is 4.79 Å². The summed E-state index contributed by atoms with van der Waals surface area (Å²) in [6.07, 6.45) is 5.81. The molecule has 1 amide bonds. The monoisotopic (exact) mass is 321 g/mol. The Morgan fingerprint density at radius 1 is 0.958 bits per heavy atom. The van der Waals surface area contributed by atoms with E-state index in [1.165, 1.54) is 36.0 Å². The summed E-state index contributed by atoms with van der Waals surface area (Å²) in [6.45, 7) is 2.90. The quantitative estimate of drug-likeness (QED) is 0.810. The largest absolute Gasteiger partial charge is 0.355 e. The lowest BCUT2D eigenvalue weighted by Gasteiger charge is -2.22. The van der Waals surface area contributed by atoms with E-state index < -0.39 is 0 Å². The van der Waals surface area contributed by atoms with Gasteiger partial charge in [0.25, 0.3) is 0 Å². The second-order valence-corrected chi connectivity index (χ2v) is 6.97. The molecule has 0 aromatic heterocycles. The third kappa shape index (κ3) is 4.25. The Balaban J connectivity index is 1.55. The van der Waals surface area contributed by atoms with Crippen LogP contribution in [0, 0.1) is 5.92 Å². The summed E-state index contributed by atoms with van der Waals surface area (Å²) >= 11 is 0. The zero-order valence-corrected chi connectivity index (χ0v) is 14.5. The van der Waals surface area contributed by atoms with E-state index in [9.17, 15) is 4.79 Å². The van der Waals surface area contributed by atoms with Crippen molar-refractivity contribution in [1.29, 1.82) is 0 Å². The SMILES string of the molecule is CC(CNC(=O)C1CCCCC1)c1ccc(-c2ccccc2)cc1. The van der Waals surface area contributed by atoms with Crippen LogP contribution < -0.4 is 5.32 Å². The minimum absolute atomic E-state index is 0.242. The topological polar surface area (TPSA) is 29.1 Å². The lowest BCUT2D eigenvalue weighted by molar-refractivity contribution is -0.125. The maximum absolute atomic E-state index is 12.3. The molecule has 0 bridgehead atoms. The number of rotatable bonds is 5. The number of hydrogen-bond donors (Lipinski definition) is 1. The fourth-order valence-corrected chi connectivity index (χ4v) is 3.52. The first-order valence-corrected chi connectivity index (χ1v) is 9.17. The second-order valence-electron chi connectivity index (χ2n) is 6.97. The Labute approximate surface area is 145 Å². The Bertz CT molecular complexity index is 641. The van der Waals surface area contributed by atoms with Crippen LogP contribution in [0.1, 0.15) is 50.5 Å². The zero-order valence-electron chi connectivity index (χ0n) is 14.5. The van der Waals surface area contributed by atoms with Crippen LogP contribution in [0.2, 0.25) is 0 Å². The van der Waals surface area contributed by atoms with Crippen molar-refractivity contribution in [1.82, 2.24) is 5.32 Å². The van der Waals surface area contributed by atoms with Crippen LogP contribution in [0.4, 0.5) is 0 Å². The van der Waals surface area contributed by atoms with Crippen molar-refractivity contribution in [3.63, 3.8) is 0 Å². The lowest BCUT2D eigenvalue weighted by atomic mass is 9.88. The fourth-order valence-electron chi connectivity index (χ4n) is 3.52. The molecule has 0 heterocycles. The molecule has 1 saturated carbocycles. The van der Waals surface area contributed by atoms with Gasteiger partial charge in [0.2, 0.25) is 5.91 Å². The number of nitrogens with one attached hydrogen (secondary N) is 1. The number of benzene rings is 2. The van der Waals surface area contributed by atoms with E-state index in [1.54, 1.807) is 0 Å². The average Bonchev–Trinajstić information content (AvgIpc) is 2.67. The van der Waals surface area contributed by atoms with Crippen molar-refractivity contribution in [2.24, 2.45) is 5.92 Å². The first-order valence-electron chi connectivity index (χ1n) is 9.17. The second kappa shape index (κ2) is 8.14. The molecule has 2 nitrogen and oxygen atoms in total. The standard InChI is InChI=1S/C22H27NO/c1-17(16-23-22(24)21-10-6-3-7-11-21)18-12-14-20(15-13-18)19-8-4-2-5-9-19/h2,4-5,8-9,12-15,17,21H,3,6-7,10-11,16H2,1H3,(H,23,24). The summed E-state index contributed by atoms with van der Waals surface area (Å²) in [5.74, 6) is 0.830. The van der Waals surface area contributed by atoms with Gasteiger partial charge in [-0.1, -0.05) is 80.8 Å². The maximum Gasteiger partial charge on any atom is 0.223 e. The van der Waals surface area contributed by atoms with E-state index in [0.29, 0.717) is 5.92 Å². The zero-order chi connectivity index (χ0) is 16.8. The number of hydrogen-bond acceptors (Lipinski definition) is 1. The van der Waals surface area contributed by atoms with Crippen molar-refractivity contribution in [2.45, 2.75) is 44.9 Å². The Morgan fingerprint density at radius 3 is 2.25 bits per heavy atom. The molecule has 2 heteroatoms. The number of carbonyl (C=O) groups excluding carboxylic acids is 1. The van der Waals surface area contributed by atoms with E-state index in [1.807, 2.05) is 6.07 Å². The van der Waals surface area contributed by atoms with Gasteiger partial charge < -0.3 is 5.32 Å². The molecule has 0 aliphatic heterocycles. The number of carbonyl (C=O) groups is 1. The Morgan fingerprint density at radius 2 is 1.58 bits per heavy atom. The highest BCUT2D eigenvalue weighted by molar-refractivity contribution is 5.78. The predicted octanol–water partition coefficient (Wildman–Crippen LogP) is 5.15. The summed E-state index contributed by atoms with van der Waals surface area (Å²) in [5, 5.41) is 3.16. The molecule has 1 fully saturated rings. The van der Waals surface area contributed by atoms with Gasteiger partial charge in [-0.2, -0.15) is 0 Å². The molecule has 3 rings (SSSR count). The summed E-state index contributed by atoms with van der Waals surface area (Å²) in [7, 11) is 0. The molecule has 0 saturated heterocycles. The molecule has 126 valence electrons. The van der Waals surface area contributed by atoms with Crippen molar-refractivity contribution >= 4 is 5.91 Å². The smallest absolute Gasteiger partial charge is 0.223 e. The van der Waals surface area contributed by atoms with E-state index in [0.717, 1.165) is 19.4 Å². The lowest BCUT2D eigenvalue weighted by Crippen LogP contribution is -2.34. The normalized spacial score (nSPS) is 16.5. The highest BCUT2D eigenvalue weighted by Gasteiger charge is 2.21. The highest BCUT2D eigenvalue weighted by Crippen LogP contribution is 2.25. The minimum Gasteiger partial charge on any atom is -0.355 e. The van der Waals surface area contributed by atoms with E-state index >= 15 is 0 Å². The Hall–Kier alpha value is -2.09. The van der Waals surface area contributed by atoms with Crippen LogP contribution in [0.15, 0.2) is 54.6 Å². The predicted molar refractivity (Wildman–Crippen MR) is 99.9 cm³/mol. The van der Waals surface area contributed by atoms with Gasteiger partial charge in [0.1, 0.15) is 0 Å². The first kappa shape index (κ1) is 16.8. The molecule has 0 radical (unpaired) electrons. The van der Waals surface area contributed by atoms with Gasteiger partial charge in [-0.3, -0.25) is 4.79 Å². The van der Waals surface area contributed by atoms with Gasteiger partial charge in [-0.05, 0) is 35.4 Å². The molecule has 1 unspecified atom stereocenters. The van der Waals surface area contributed by atoms with Crippen molar-refractivity contribution in [3.05, 3.63) is 60.2 Å². The van der Waals surface area contributed by atoms with Crippen molar-refractivity contribution in [3.8, 4) is 11.1 Å².